The van der Waals surface area contributed by atoms with Crippen LogP contribution in [0.3, 0.4) is 0 Å². The van der Waals surface area contributed by atoms with Crippen molar-refractivity contribution in [2.24, 2.45) is 0 Å². The van der Waals surface area contributed by atoms with Crippen LogP contribution in [-0.2, 0) is 11.2 Å². The summed E-state index contributed by atoms with van der Waals surface area (Å²) in [5.74, 6) is 0.338. The summed E-state index contributed by atoms with van der Waals surface area (Å²) in [7, 11) is 0. The number of ether oxygens (including phenoxy) is 1. The number of fused-ring (bicyclic) bond motifs is 1. The standard InChI is InChI=1S/C19H30N2O3/c1-13(21-18(23)24-19(2,3)4)10-11-20-17-7-5-6-14-12-15(22)8-9-16(14)17/h8-9,12-13,17,20,22H,5-7,10-11H2,1-4H3,(H,21,23). The molecule has 1 aromatic carbocycles. The number of phenols is 1. The first-order chi connectivity index (χ1) is 11.2. The van der Waals surface area contributed by atoms with Crippen LogP contribution in [0, 0.1) is 0 Å². The van der Waals surface area contributed by atoms with Crippen molar-refractivity contribution in [2.75, 3.05) is 6.54 Å². The first-order valence-electron chi connectivity index (χ1n) is 8.79. The lowest BCUT2D eigenvalue weighted by atomic mass is 9.87. The van der Waals surface area contributed by atoms with Gasteiger partial charge in [-0.3, -0.25) is 0 Å². The average Bonchev–Trinajstić information content (AvgIpc) is 2.44. The number of carbonyl (C=O) groups excluding carboxylic acids is 1. The van der Waals surface area contributed by atoms with Crippen LogP contribution in [0.15, 0.2) is 18.2 Å². The SMILES string of the molecule is CC(CCNC1CCCc2cc(O)ccc21)NC(=O)OC(C)(C)C. The van der Waals surface area contributed by atoms with Crippen LogP contribution in [0.5, 0.6) is 5.75 Å². The van der Waals surface area contributed by atoms with Gasteiger partial charge >= 0.3 is 6.09 Å². The van der Waals surface area contributed by atoms with E-state index >= 15 is 0 Å². The molecule has 5 nitrogen and oxygen atoms in total. The predicted molar refractivity (Wildman–Crippen MR) is 95.2 cm³/mol. The van der Waals surface area contributed by atoms with Gasteiger partial charge in [0.05, 0.1) is 0 Å². The van der Waals surface area contributed by atoms with Gasteiger partial charge < -0.3 is 20.5 Å². The molecule has 1 aromatic rings. The van der Waals surface area contributed by atoms with Gasteiger partial charge in [0.2, 0.25) is 0 Å². The number of benzene rings is 1. The molecule has 1 amide bonds. The molecular weight excluding hydrogens is 304 g/mol. The number of amides is 1. The van der Waals surface area contributed by atoms with Crippen LogP contribution in [-0.4, -0.2) is 29.4 Å². The van der Waals surface area contributed by atoms with E-state index in [1.54, 1.807) is 6.07 Å². The third-order valence-corrected chi connectivity index (χ3v) is 4.17. The average molecular weight is 334 g/mol. The Morgan fingerprint density at radius 3 is 2.88 bits per heavy atom. The molecule has 0 aliphatic heterocycles. The number of alkyl carbamates (subject to hydrolysis) is 1. The first kappa shape index (κ1) is 18.6. The van der Waals surface area contributed by atoms with Crippen molar-refractivity contribution in [2.45, 2.75) is 71.1 Å². The highest BCUT2D eigenvalue weighted by atomic mass is 16.6. The smallest absolute Gasteiger partial charge is 0.407 e. The second-order valence-corrected chi connectivity index (χ2v) is 7.62. The molecule has 1 aliphatic rings. The molecule has 24 heavy (non-hydrogen) atoms. The number of phenolic OH excluding ortho intramolecular Hbond substituents is 1. The molecule has 3 N–H and O–H groups in total. The van der Waals surface area contributed by atoms with Crippen LogP contribution in [0.2, 0.25) is 0 Å². The van der Waals surface area contributed by atoms with Crippen molar-refractivity contribution in [1.82, 2.24) is 10.6 Å². The second kappa shape index (κ2) is 7.88. The van der Waals surface area contributed by atoms with E-state index < -0.39 is 5.60 Å². The van der Waals surface area contributed by atoms with E-state index in [1.807, 2.05) is 39.8 Å². The minimum Gasteiger partial charge on any atom is -0.508 e. The summed E-state index contributed by atoms with van der Waals surface area (Å²) in [5.41, 5.74) is 2.05. The Kier molecular flexibility index (Phi) is 6.10. The lowest BCUT2D eigenvalue weighted by Gasteiger charge is -2.27. The summed E-state index contributed by atoms with van der Waals surface area (Å²) >= 11 is 0. The summed E-state index contributed by atoms with van der Waals surface area (Å²) in [5, 5.41) is 16.1. The van der Waals surface area contributed by atoms with E-state index in [9.17, 15) is 9.90 Å². The number of rotatable bonds is 5. The van der Waals surface area contributed by atoms with Gasteiger partial charge in [-0.25, -0.2) is 4.79 Å². The molecule has 2 atom stereocenters. The van der Waals surface area contributed by atoms with Gasteiger partial charge in [0.15, 0.2) is 0 Å². The zero-order valence-electron chi connectivity index (χ0n) is 15.2. The number of nitrogens with one attached hydrogen (secondary N) is 2. The zero-order valence-corrected chi connectivity index (χ0v) is 15.2. The Morgan fingerprint density at radius 2 is 2.17 bits per heavy atom. The minimum atomic E-state index is -0.473. The highest BCUT2D eigenvalue weighted by Gasteiger charge is 2.21. The van der Waals surface area contributed by atoms with Gasteiger partial charge in [0.1, 0.15) is 11.4 Å². The lowest BCUT2D eigenvalue weighted by Crippen LogP contribution is -2.39. The van der Waals surface area contributed by atoms with Crippen molar-refractivity contribution < 1.29 is 14.6 Å². The molecule has 1 aliphatic carbocycles. The second-order valence-electron chi connectivity index (χ2n) is 7.62. The molecule has 5 heteroatoms. The number of hydrogen-bond acceptors (Lipinski definition) is 4. The number of aromatic hydroxyl groups is 1. The van der Waals surface area contributed by atoms with Crippen LogP contribution in [0.25, 0.3) is 0 Å². The zero-order chi connectivity index (χ0) is 17.7. The topological polar surface area (TPSA) is 70.6 Å². The summed E-state index contributed by atoms with van der Waals surface area (Å²) in [6.45, 7) is 8.38. The minimum absolute atomic E-state index is 0.0511. The van der Waals surface area contributed by atoms with Crippen molar-refractivity contribution in [3.8, 4) is 5.75 Å². The molecule has 0 radical (unpaired) electrons. The molecule has 134 valence electrons. The Morgan fingerprint density at radius 1 is 1.42 bits per heavy atom. The number of aryl methyl sites for hydroxylation is 1. The fourth-order valence-corrected chi connectivity index (χ4v) is 3.07. The molecule has 0 aromatic heterocycles. The van der Waals surface area contributed by atoms with Crippen molar-refractivity contribution in [1.29, 1.82) is 0 Å². The van der Waals surface area contributed by atoms with Crippen LogP contribution < -0.4 is 10.6 Å². The van der Waals surface area contributed by atoms with Gasteiger partial charge in [-0.05, 0) is 83.2 Å². The highest BCUT2D eigenvalue weighted by Crippen LogP contribution is 2.31. The van der Waals surface area contributed by atoms with Crippen molar-refractivity contribution >= 4 is 6.09 Å². The summed E-state index contributed by atoms with van der Waals surface area (Å²) in [4.78, 5) is 11.8. The summed E-state index contributed by atoms with van der Waals surface area (Å²) in [6.07, 6.45) is 3.72. The van der Waals surface area contributed by atoms with Gasteiger partial charge in [-0.15, -0.1) is 0 Å². The Hall–Kier alpha value is -1.75. The fourth-order valence-electron chi connectivity index (χ4n) is 3.07. The molecule has 0 fully saturated rings. The van der Waals surface area contributed by atoms with Crippen molar-refractivity contribution in [3.05, 3.63) is 29.3 Å². The van der Waals surface area contributed by atoms with Gasteiger partial charge in [0.25, 0.3) is 0 Å². The molecule has 0 saturated heterocycles. The summed E-state index contributed by atoms with van der Waals surface area (Å²) in [6, 6.07) is 6.02. The normalized spacial score (nSPS) is 18.6. The largest absolute Gasteiger partial charge is 0.508 e. The molecule has 0 saturated carbocycles. The predicted octanol–water partition coefficient (Wildman–Crippen LogP) is 3.66. The fraction of sp³-hybridized carbons (Fsp3) is 0.632. The third kappa shape index (κ3) is 5.71. The van der Waals surface area contributed by atoms with E-state index in [0.717, 1.165) is 32.2 Å². The molecule has 2 unspecified atom stereocenters. The third-order valence-electron chi connectivity index (χ3n) is 4.17. The highest BCUT2D eigenvalue weighted by molar-refractivity contribution is 5.68. The maximum absolute atomic E-state index is 11.8. The van der Waals surface area contributed by atoms with Gasteiger partial charge in [-0.1, -0.05) is 6.07 Å². The quantitative estimate of drug-likeness (QED) is 0.768. The number of carbonyl (C=O) groups is 1. The number of hydrogen-bond donors (Lipinski definition) is 3. The lowest BCUT2D eigenvalue weighted by molar-refractivity contribution is 0.0506. The van der Waals surface area contributed by atoms with Gasteiger partial charge in [0, 0.05) is 12.1 Å². The Balaban J connectivity index is 1.78. The molecule has 2 rings (SSSR count). The monoisotopic (exact) mass is 334 g/mol. The Labute approximate surface area is 144 Å². The van der Waals surface area contributed by atoms with E-state index in [-0.39, 0.29) is 12.1 Å². The van der Waals surface area contributed by atoms with E-state index in [2.05, 4.69) is 10.6 Å². The molecule has 0 spiro atoms. The first-order valence-corrected chi connectivity index (χ1v) is 8.79. The molecule has 0 bridgehead atoms. The van der Waals surface area contributed by atoms with E-state index in [4.69, 9.17) is 4.74 Å². The molecule has 0 heterocycles. The maximum atomic E-state index is 11.8. The molecular formula is C19H30N2O3. The van der Waals surface area contributed by atoms with Crippen LogP contribution >= 0.6 is 0 Å². The Bertz CT molecular complexity index is 566. The summed E-state index contributed by atoms with van der Waals surface area (Å²) < 4.78 is 5.27. The van der Waals surface area contributed by atoms with E-state index in [0.29, 0.717) is 11.8 Å². The van der Waals surface area contributed by atoms with Gasteiger partial charge in [-0.2, -0.15) is 0 Å². The van der Waals surface area contributed by atoms with Crippen molar-refractivity contribution in [3.63, 3.8) is 0 Å². The maximum Gasteiger partial charge on any atom is 0.407 e. The van der Waals surface area contributed by atoms with Crippen LogP contribution in [0.1, 0.15) is 64.1 Å². The van der Waals surface area contributed by atoms with E-state index in [1.165, 1.54) is 11.1 Å². The van der Waals surface area contributed by atoms with Crippen LogP contribution in [0.4, 0.5) is 4.79 Å².